The number of carbonyl (C=O) groups is 1. The van der Waals surface area contributed by atoms with Gasteiger partial charge in [0.25, 0.3) is 0 Å². The molecule has 1 saturated heterocycles. The van der Waals surface area contributed by atoms with E-state index in [1.807, 2.05) is 26.0 Å². The minimum Gasteiger partial charge on any atom is -0.463 e. The van der Waals surface area contributed by atoms with Gasteiger partial charge in [-0.25, -0.2) is 4.79 Å². The Bertz CT molecular complexity index is 491. The van der Waals surface area contributed by atoms with Crippen molar-refractivity contribution in [3.63, 3.8) is 0 Å². The van der Waals surface area contributed by atoms with Crippen molar-refractivity contribution < 1.29 is 19.4 Å². The Hall–Kier alpha value is -1.13. The first-order chi connectivity index (χ1) is 9.66. The van der Waals surface area contributed by atoms with Gasteiger partial charge < -0.3 is 14.6 Å². The Morgan fingerprint density at radius 1 is 1.38 bits per heavy atom. The van der Waals surface area contributed by atoms with Crippen molar-refractivity contribution in [1.29, 1.82) is 0 Å². The van der Waals surface area contributed by atoms with E-state index >= 15 is 0 Å². The number of esters is 1. The van der Waals surface area contributed by atoms with Gasteiger partial charge in [0, 0.05) is 17.9 Å². The molecule has 0 radical (unpaired) electrons. The molecule has 0 spiro atoms. The molecule has 1 N–H and O–H groups in total. The van der Waals surface area contributed by atoms with Crippen LogP contribution in [0.2, 0.25) is 0 Å². The van der Waals surface area contributed by atoms with Crippen LogP contribution in [0, 0.1) is 5.41 Å². The van der Waals surface area contributed by atoms with Gasteiger partial charge in [0.05, 0.1) is 12.7 Å². The molecule has 1 aliphatic carbocycles. The molecule has 4 nitrogen and oxygen atoms in total. The SMILES string of the molecule is CCOC(=O)/C=C(C)/C=C/[C@]12O[C@@]1(C)C[C@@H](O)CC2(C)C. The van der Waals surface area contributed by atoms with E-state index in [0.29, 0.717) is 19.4 Å². The lowest BCUT2D eigenvalue weighted by molar-refractivity contribution is -0.137. The molecule has 118 valence electrons. The van der Waals surface area contributed by atoms with Crippen molar-refractivity contribution in [2.75, 3.05) is 6.61 Å². The van der Waals surface area contributed by atoms with Gasteiger partial charge in [-0.2, -0.15) is 0 Å². The molecule has 0 aromatic heterocycles. The molecule has 2 fully saturated rings. The zero-order valence-corrected chi connectivity index (χ0v) is 13.6. The van der Waals surface area contributed by atoms with Crippen molar-refractivity contribution in [2.24, 2.45) is 5.41 Å². The molecule has 1 heterocycles. The number of aliphatic hydroxyl groups is 1. The molecule has 0 unspecified atom stereocenters. The van der Waals surface area contributed by atoms with Crippen LogP contribution in [-0.4, -0.2) is 35.0 Å². The average Bonchev–Trinajstić information content (AvgIpc) is 2.93. The van der Waals surface area contributed by atoms with E-state index in [0.717, 1.165) is 5.57 Å². The largest absolute Gasteiger partial charge is 0.463 e. The standard InChI is InChI=1S/C17H26O4/c1-6-20-14(19)9-12(2)7-8-17-15(3,4)10-13(18)11-16(17,5)21-17/h7-9,13,18H,6,10-11H2,1-5H3/b8-7+,12-9+/t13-,16-,17+/m0/s1. The van der Waals surface area contributed by atoms with Gasteiger partial charge in [0.1, 0.15) is 11.2 Å². The quantitative estimate of drug-likeness (QED) is 0.375. The number of hydrogen-bond acceptors (Lipinski definition) is 4. The third kappa shape index (κ3) is 2.79. The number of fused-ring (bicyclic) bond motifs is 1. The number of allylic oxidation sites excluding steroid dienone is 2. The van der Waals surface area contributed by atoms with E-state index in [-0.39, 0.29) is 28.7 Å². The van der Waals surface area contributed by atoms with E-state index in [9.17, 15) is 9.90 Å². The van der Waals surface area contributed by atoms with Crippen LogP contribution in [0.25, 0.3) is 0 Å². The number of ether oxygens (including phenoxy) is 2. The van der Waals surface area contributed by atoms with E-state index in [1.165, 1.54) is 6.08 Å². The van der Waals surface area contributed by atoms with E-state index in [4.69, 9.17) is 9.47 Å². The zero-order chi connectivity index (χ0) is 15.9. The summed E-state index contributed by atoms with van der Waals surface area (Å²) in [5.74, 6) is -0.324. The summed E-state index contributed by atoms with van der Waals surface area (Å²) < 4.78 is 11.0. The van der Waals surface area contributed by atoms with Crippen molar-refractivity contribution in [2.45, 2.75) is 64.8 Å². The van der Waals surface area contributed by atoms with Gasteiger partial charge in [-0.1, -0.05) is 19.9 Å². The predicted molar refractivity (Wildman–Crippen MR) is 80.8 cm³/mol. The monoisotopic (exact) mass is 294 g/mol. The number of aliphatic hydroxyl groups excluding tert-OH is 1. The second-order valence-corrected chi connectivity index (χ2v) is 6.99. The highest BCUT2D eigenvalue weighted by Gasteiger charge is 2.74. The molecule has 1 saturated carbocycles. The van der Waals surface area contributed by atoms with Gasteiger partial charge in [-0.05, 0) is 38.8 Å². The smallest absolute Gasteiger partial charge is 0.330 e. The lowest BCUT2D eigenvalue weighted by atomic mass is 9.63. The maximum absolute atomic E-state index is 11.4. The Morgan fingerprint density at radius 3 is 2.62 bits per heavy atom. The Labute approximate surface area is 126 Å². The van der Waals surface area contributed by atoms with Gasteiger partial charge in [-0.15, -0.1) is 0 Å². The molecule has 3 atom stereocenters. The van der Waals surface area contributed by atoms with Crippen LogP contribution in [0.15, 0.2) is 23.8 Å². The first-order valence-electron chi connectivity index (χ1n) is 7.58. The fraction of sp³-hybridized carbons (Fsp3) is 0.706. The molecular formula is C17H26O4. The fourth-order valence-corrected chi connectivity index (χ4v) is 3.74. The predicted octanol–water partition coefficient (Wildman–Crippen LogP) is 2.76. The highest BCUT2D eigenvalue weighted by molar-refractivity contribution is 5.83. The second kappa shape index (κ2) is 5.25. The fourth-order valence-electron chi connectivity index (χ4n) is 3.74. The molecule has 0 bridgehead atoms. The molecule has 4 heteroatoms. The first-order valence-corrected chi connectivity index (χ1v) is 7.58. The Kier molecular flexibility index (Phi) is 4.06. The highest BCUT2D eigenvalue weighted by Crippen LogP contribution is 2.66. The first kappa shape index (κ1) is 16.2. The maximum Gasteiger partial charge on any atom is 0.330 e. The summed E-state index contributed by atoms with van der Waals surface area (Å²) in [6.45, 7) is 10.3. The van der Waals surface area contributed by atoms with Gasteiger partial charge in [-0.3, -0.25) is 0 Å². The van der Waals surface area contributed by atoms with Crippen LogP contribution >= 0.6 is 0 Å². The summed E-state index contributed by atoms with van der Waals surface area (Å²) in [6, 6.07) is 0. The molecule has 1 aliphatic heterocycles. The van der Waals surface area contributed by atoms with Gasteiger partial charge in [0.15, 0.2) is 0 Å². The van der Waals surface area contributed by atoms with Crippen LogP contribution in [0.3, 0.4) is 0 Å². The third-order valence-electron chi connectivity index (χ3n) is 4.72. The number of hydrogen-bond donors (Lipinski definition) is 1. The lowest BCUT2D eigenvalue weighted by Crippen LogP contribution is -2.46. The molecule has 0 amide bonds. The normalized spacial score (nSPS) is 38.2. The Balaban J connectivity index is 2.15. The molecule has 2 rings (SSSR count). The molecule has 0 aromatic carbocycles. The molecule has 2 aliphatic rings. The highest BCUT2D eigenvalue weighted by atomic mass is 16.6. The van der Waals surface area contributed by atoms with Crippen molar-refractivity contribution in [1.82, 2.24) is 0 Å². The van der Waals surface area contributed by atoms with Crippen LogP contribution < -0.4 is 0 Å². The van der Waals surface area contributed by atoms with Crippen molar-refractivity contribution >= 4 is 5.97 Å². The summed E-state index contributed by atoms with van der Waals surface area (Å²) in [5, 5.41) is 10.0. The van der Waals surface area contributed by atoms with Crippen molar-refractivity contribution in [3.8, 4) is 0 Å². The van der Waals surface area contributed by atoms with E-state index in [1.54, 1.807) is 6.92 Å². The van der Waals surface area contributed by atoms with Crippen LogP contribution in [0.5, 0.6) is 0 Å². The zero-order valence-electron chi connectivity index (χ0n) is 13.6. The van der Waals surface area contributed by atoms with Crippen LogP contribution in [0.4, 0.5) is 0 Å². The topological polar surface area (TPSA) is 59.1 Å². The number of rotatable bonds is 4. The summed E-state index contributed by atoms with van der Waals surface area (Å²) >= 11 is 0. The number of carbonyl (C=O) groups excluding carboxylic acids is 1. The average molecular weight is 294 g/mol. The van der Waals surface area contributed by atoms with Gasteiger partial charge >= 0.3 is 5.97 Å². The maximum atomic E-state index is 11.4. The minimum absolute atomic E-state index is 0.139. The van der Waals surface area contributed by atoms with E-state index in [2.05, 4.69) is 13.8 Å². The van der Waals surface area contributed by atoms with Crippen LogP contribution in [0.1, 0.15) is 47.5 Å². The van der Waals surface area contributed by atoms with Crippen molar-refractivity contribution in [3.05, 3.63) is 23.8 Å². The summed E-state index contributed by atoms with van der Waals surface area (Å²) in [6.07, 6.45) is 6.51. The second-order valence-electron chi connectivity index (χ2n) is 6.99. The minimum atomic E-state index is -0.358. The van der Waals surface area contributed by atoms with Gasteiger partial charge in [0.2, 0.25) is 0 Å². The number of epoxide rings is 1. The van der Waals surface area contributed by atoms with E-state index < -0.39 is 0 Å². The Morgan fingerprint density at radius 2 is 2.05 bits per heavy atom. The summed E-state index contributed by atoms with van der Waals surface area (Å²) in [7, 11) is 0. The third-order valence-corrected chi connectivity index (χ3v) is 4.72. The molecule has 21 heavy (non-hydrogen) atoms. The van der Waals surface area contributed by atoms with Crippen LogP contribution in [-0.2, 0) is 14.3 Å². The summed E-state index contributed by atoms with van der Waals surface area (Å²) in [5.41, 5.74) is 0.0282. The molecular weight excluding hydrogens is 268 g/mol. The summed E-state index contributed by atoms with van der Waals surface area (Å²) in [4.78, 5) is 11.4. The lowest BCUT2D eigenvalue weighted by Gasteiger charge is -2.39. The molecule has 0 aromatic rings.